The summed E-state index contributed by atoms with van der Waals surface area (Å²) in [6.07, 6.45) is 1.64. The van der Waals surface area contributed by atoms with Crippen LogP contribution in [0.4, 0.5) is 0 Å². The molecule has 1 rings (SSSR count). The minimum absolute atomic E-state index is 0.0960. The van der Waals surface area contributed by atoms with Gasteiger partial charge in [-0.15, -0.1) is 0 Å². The first-order valence-corrected chi connectivity index (χ1v) is 5.84. The summed E-state index contributed by atoms with van der Waals surface area (Å²) in [4.78, 5) is 24.6. The van der Waals surface area contributed by atoms with E-state index in [1.165, 1.54) is 16.8 Å². The second kappa shape index (κ2) is 6.69. The van der Waals surface area contributed by atoms with Gasteiger partial charge >= 0.3 is 5.69 Å². The summed E-state index contributed by atoms with van der Waals surface area (Å²) in [5.74, 6) is 0. The zero-order chi connectivity index (χ0) is 12.8. The fraction of sp³-hybridized carbons (Fsp3) is 0.600. The number of aromatic nitrogens is 2. The topological polar surface area (TPSA) is 73.3 Å². The quantitative estimate of drug-likeness (QED) is 0.762. The van der Waals surface area contributed by atoms with Crippen molar-refractivity contribution in [2.75, 3.05) is 6.61 Å². The van der Waals surface area contributed by atoms with Gasteiger partial charge in [-0.25, -0.2) is 4.79 Å². The van der Waals surface area contributed by atoms with Gasteiger partial charge in [0.25, 0.3) is 5.56 Å². The van der Waals surface area contributed by atoms with Crippen molar-refractivity contribution < 1.29 is 9.26 Å². The molecule has 1 aromatic heterocycles. The van der Waals surface area contributed by atoms with E-state index in [1.807, 2.05) is 6.92 Å². The lowest BCUT2D eigenvalue weighted by Crippen LogP contribution is -2.33. The molecule has 3 atom stereocenters. The van der Waals surface area contributed by atoms with Crippen molar-refractivity contribution in [2.24, 2.45) is 0 Å². The Kier molecular flexibility index (Phi) is 5.55. The molecular weight excluding hydrogens is 243 g/mol. The van der Waals surface area contributed by atoms with Gasteiger partial charge in [0.15, 0.2) is 0 Å². The second-order valence-electron chi connectivity index (χ2n) is 3.62. The van der Waals surface area contributed by atoms with E-state index in [2.05, 4.69) is 14.5 Å². The zero-order valence-corrected chi connectivity index (χ0v) is 11.0. The number of aromatic amines is 1. The van der Waals surface area contributed by atoms with Gasteiger partial charge in [-0.3, -0.25) is 14.3 Å². The van der Waals surface area contributed by atoms with Crippen LogP contribution in [0.1, 0.15) is 26.5 Å². The van der Waals surface area contributed by atoms with E-state index in [0.717, 1.165) is 6.42 Å². The Labute approximate surface area is 101 Å². The van der Waals surface area contributed by atoms with Crippen LogP contribution in [0.25, 0.3) is 0 Å². The number of nitrogens with one attached hydrogen (secondary N) is 1. The third-order valence-corrected chi connectivity index (χ3v) is 2.56. The van der Waals surface area contributed by atoms with Crippen LogP contribution in [-0.2, 0) is 9.26 Å². The number of H-pyrrole nitrogens is 1. The molecule has 3 unspecified atom stereocenters. The van der Waals surface area contributed by atoms with Crippen LogP contribution in [0.5, 0.6) is 0 Å². The number of hydrogen-bond acceptors (Lipinski definition) is 4. The SMILES string of the molecule is CCC(COP)OC(C)n1ccc(=O)[nH]c1=O. The summed E-state index contributed by atoms with van der Waals surface area (Å²) in [6, 6.07) is 1.29. The van der Waals surface area contributed by atoms with Gasteiger partial charge < -0.3 is 9.26 Å². The third-order valence-electron chi connectivity index (χ3n) is 2.37. The van der Waals surface area contributed by atoms with Crippen molar-refractivity contribution in [1.82, 2.24) is 9.55 Å². The summed E-state index contributed by atoms with van der Waals surface area (Å²) >= 11 is 0. The number of ether oxygens (including phenoxy) is 1. The smallest absolute Gasteiger partial charge is 0.330 e. The highest BCUT2D eigenvalue weighted by molar-refractivity contribution is 7.09. The van der Waals surface area contributed by atoms with Gasteiger partial charge in [-0.1, -0.05) is 6.92 Å². The van der Waals surface area contributed by atoms with Crippen molar-refractivity contribution in [3.05, 3.63) is 33.1 Å². The fourth-order valence-corrected chi connectivity index (χ4v) is 1.63. The van der Waals surface area contributed by atoms with Gasteiger partial charge in [-0.05, 0) is 13.3 Å². The van der Waals surface area contributed by atoms with Gasteiger partial charge in [0.05, 0.1) is 12.7 Å². The minimum atomic E-state index is -0.480. The largest absolute Gasteiger partial charge is 0.363 e. The Morgan fingerprint density at radius 3 is 2.76 bits per heavy atom. The van der Waals surface area contributed by atoms with Crippen molar-refractivity contribution >= 4 is 9.47 Å². The standard InChI is InChI=1S/C10H17N2O4P/c1-3-8(6-15-17)16-7(2)12-5-4-9(13)11-10(12)14/h4-5,7-8H,3,6,17H2,1-2H3,(H,11,13,14). The maximum atomic E-state index is 11.5. The van der Waals surface area contributed by atoms with E-state index in [-0.39, 0.29) is 6.10 Å². The van der Waals surface area contributed by atoms with Crippen LogP contribution in [0.15, 0.2) is 21.9 Å². The Morgan fingerprint density at radius 2 is 2.24 bits per heavy atom. The maximum absolute atomic E-state index is 11.5. The summed E-state index contributed by atoms with van der Waals surface area (Å²) < 4.78 is 11.9. The molecule has 0 amide bonds. The molecule has 0 saturated carbocycles. The van der Waals surface area contributed by atoms with E-state index in [4.69, 9.17) is 9.26 Å². The summed E-state index contributed by atoms with van der Waals surface area (Å²) in [5.41, 5.74) is -0.898. The Balaban J connectivity index is 2.78. The number of nitrogens with zero attached hydrogens (tertiary/aromatic N) is 1. The molecule has 0 radical (unpaired) electrons. The maximum Gasteiger partial charge on any atom is 0.330 e. The molecule has 1 N–H and O–H groups in total. The number of rotatable bonds is 6. The average Bonchev–Trinajstić information content (AvgIpc) is 2.28. The first-order valence-electron chi connectivity index (χ1n) is 5.37. The molecule has 17 heavy (non-hydrogen) atoms. The highest BCUT2D eigenvalue weighted by Gasteiger charge is 2.13. The van der Waals surface area contributed by atoms with E-state index in [0.29, 0.717) is 6.61 Å². The van der Waals surface area contributed by atoms with Crippen LogP contribution >= 0.6 is 9.47 Å². The lowest BCUT2D eigenvalue weighted by Gasteiger charge is -2.21. The highest BCUT2D eigenvalue weighted by Crippen LogP contribution is 2.11. The van der Waals surface area contributed by atoms with Crippen molar-refractivity contribution in [2.45, 2.75) is 32.6 Å². The second-order valence-corrected chi connectivity index (χ2v) is 3.95. The van der Waals surface area contributed by atoms with E-state index in [9.17, 15) is 9.59 Å². The van der Waals surface area contributed by atoms with Crippen molar-refractivity contribution in [1.29, 1.82) is 0 Å². The van der Waals surface area contributed by atoms with E-state index in [1.54, 1.807) is 6.92 Å². The van der Waals surface area contributed by atoms with Crippen LogP contribution in [0.2, 0.25) is 0 Å². The summed E-state index contributed by atoms with van der Waals surface area (Å²) in [7, 11) is 2.16. The Bertz CT molecular complexity index is 456. The van der Waals surface area contributed by atoms with Gasteiger partial charge in [0.1, 0.15) is 6.23 Å². The van der Waals surface area contributed by atoms with Crippen LogP contribution in [0.3, 0.4) is 0 Å². The molecule has 0 aliphatic heterocycles. The van der Waals surface area contributed by atoms with Gasteiger partial charge in [0.2, 0.25) is 0 Å². The predicted molar refractivity (Wildman–Crippen MR) is 66.9 cm³/mol. The molecular formula is C10H17N2O4P. The Morgan fingerprint density at radius 1 is 1.53 bits per heavy atom. The van der Waals surface area contributed by atoms with E-state index >= 15 is 0 Å². The molecule has 0 spiro atoms. The van der Waals surface area contributed by atoms with E-state index < -0.39 is 17.5 Å². The molecule has 96 valence electrons. The summed E-state index contributed by atoms with van der Waals surface area (Å²) in [5, 5.41) is 0. The van der Waals surface area contributed by atoms with Gasteiger partial charge in [0, 0.05) is 21.7 Å². The minimum Gasteiger partial charge on any atom is -0.363 e. The van der Waals surface area contributed by atoms with Gasteiger partial charge in [-0.2, -0.15) is 0 Å². The molecule has 0 fully saturated rings. The zero-order valence-electron chi connectivity index (χ0n) is 9.88. The fourth-order valence-electron chi connectivity index (χ4n) is 1.42. The monoisotopic (exact) mass is 260 g/mol. The molecule has 7 heteroatoms. The third kappa shape index (κ3) is 4.07. The molecule has 0 saturated heterocycles. The molecule has 0 aromatic carbocycles. The molecule has 0 aliphatic carbocycles. The highest BCUT2D eigenvalue weighted by atomic mass is 31.0. The average molecular weight is 260 g/mol. The van der Waals surface area contributed by atoms with Crippen LogP contribution in [0, 0.1) is 0 Å². The van der Waals surface area contributed by atoms with Crippen LogP contribution in [-0.4, -0.2) is 22.3 Å². The molecule has 1 heterocycles. The lowest BCUT2D eigenvalue weighted by molar-refractivity contribution is -0.0618. The first kappa shape index (κ1) is 14.1. The molecule has 6 nitrogen and oxygen atoms in total. The molecule has 0 bridgehead atoms. The summed E-state index contributed by atoms with van der Waals surface area (Å²) in [6.45, 7) is 4.14. The normalized spacial score (nSPS) is 14.5. The van der Waals surface area contributed by atoms with Crippen molar-refractivity contribution in [3.63, 3.8) is 0 Å². The first-order chi connectivity index (χ1) is 8.08. The Hall–Kier alpha value is -0.970. The molecule has 1 aromatic rings. The number of hydrogen-bond donors (Lipinski definition) is 1. The molecule has 0 aliphatic rings. The van der Waals surface area contributed by atoms with Crippen molar-refractivity contribution in [3.8, 4) is 0 Å². The lowest BCUT2D eigenvalue weighted by atomic mass is 10.3. The van der Waals surface area contributed by atoms with Crippen LogP contribution < -0.4 is 11.2 Å². The predicted octanol–water partition coefficient (Wildman–Crippen LogP) is 0.657.